The normalized spacial score (nSPS) is 9.55. The molecule has 5 nitrogen and oxygen atoms in total. The number of nitrogens with zero attached hydrogens (tertiary/aromatic N) is 1. The number of carbonyl (C=O) groups excluding carboxylic acids is 1. The number of urea groups is 1. The molecule has 0 saturated heterocycles. The Kier molecular flexibility index (Phi) is 2.10. The van der Waals surface area contributed by atoms with E-state index in [2.05, 4.69) is 15.5 Å². The van der Waals surface area contributed by atoms with E-state index in [9.17, 15) is 4.79 Å². The van der Waals surface area contributed by atoms with Crippen molar-refractivity contribution in [3.05, 3.63) is 11.8 Å². The Morgan fingerprint density at radius 2 is 2.64 bits per heavy atom. The lowest BCUT2D eigenvalue weighted by molar-refractivity contribution is 0.259. The largest absolute Gasteiger partial charge is 0.351 e. The van der Waals surface area contributed by atoms with Crippen molar-refractivity contribution < 1.29 is 4.79 Å². The number of aromatic nitrogens is 2. The highest BCUT2D eigenvalue weighted by Crippen LogP contribution is 2.04. The van der Waals surface area contributed by atoms with E-state index in [1.54, 1.807) is 6.07 Å². The van der Waals surface area contributed by atoms with Crippen LogP contribution in [-0.2, 0) is 6.42 Å². The summed E-state index contributed by atoms with van der Waals surface area (Å²) in [6, 6.07) is 1.14. The molecule has 0 spiro atoms. The lowest BCUT2D eigenvalue weighted by atomic mass is 10.3. The number of aromatic amines is 1. The summed E-state index contributed by atoms with van der Waals surface area (Å²) < 4.78 is 0. The van der Waals surface area contributed by atoms with E-state index >= 15 is 0 Å². The number of anilines is 1. The molecule has 0 aliphatic carbocycles. The van der Waals surface area contributed by atoms with Crippen LogP contribution in [0.1, 0.15) is 12.6 Å². The Labute approximate surface area is 64.0 Å². The molecule has 1 aromatic rings. The molecule has 5 heteroatoms. The second-order valence-electron chi connectivity index (χ2n) is 2.12. The summed E-state index contributed by atoms with van der Waals surface area (Å²) in [5.41, 5.74) is 5.84. The van der Waals surface area contributed by atoms with Gasteiger partial charge in [0.05, 0.1) is 0 Å². The van der Waals surface area contributed by atoms with Gasteiger partial charge in [0, 0.05) is 11.8 Å². The van der Waals surface area contributed by atoms with Crippen LogP contribution in [0.3, 0.4) is 0 Å². The maximum absolute atomic E-state index is 10.3. The topological polar surface area (TPSA) is 83.8 Å². The number of hydrogen-bond donors (Lipinski definition) is 3. The lowest BCUT2D eigenvalue weighted by Gasteiger charge is -1.91. The first-order chi connectivity index (χ1) is 5.22. The van der Waals surface area contributed by atoms with Gasteiger partial charge in [0.2, 0.25) is 0 Å². The highest BCUT2D eigenvalue weighted by Gasteiger charge is 1.99. The van der Waals surface area contributed by atoms with Gasteiger partial charge in [-0.15, -0.1) is 0 Å². The number of nitrogens with one attached hydrogen (secondary N) is 2. The van der Waals surface area contributed by atoms with Gasteiger partial charge >= 0.3 is 6.03 Å². The smallest absolute Gasteiger partial charge is 0.317 e. The van der Waals surface area contributed by atoms with Gasteiger partial charge in [-0.3, -0.25) is 10.4 Å². The lowest BCUT2D eigenvalue weighted by Crippen LogP contribution is -2.19. The summed E-state index contributed by atoms with van der Waals surface area (Å²) in [5, 5.41) is 8.89. The highest BCUT2D eigenvalue weighted by atomic mass is 16.2. The number of primary amides is 1. The zero-order valence-corrected chi connectivity index (χ0v) is 6.22. The van der Waals surface area contributed by atoms with Crippen LogP contribution in [0.2, 0.25) is 0 Å². The molecular weight excluding hydrogens is 144 g/mol. The number of H-pyrrole nitrogens is 1. The monoisotopic (exact) mass is 154 g/mol. The van der Waals surface area contributed by atoms with Crippen LogP contribution < -0.4 is 11.1 Å². The molecule has 0 unspecified atom stereocenters. The molecule has 1 heterocycles. The molecule has 0 aliphatic rings. The number of hydrogen-bond acceptors (Lipinski definition) is 2. The molecule has 60 valence electrons. The van der Waals surface area contributed by atoms with Gasteiger partial charge in [-0.2, -0.15) is 5.10 Å². The van der Waals surface area contributed by atoms with E-state index in [-0.39, 0.29) is 0 Å². The number of rotatable bonds is 2. The van der Waals surface area contributed by atoms with Crippen LogP contribution in [0.15, 0.2) is 6.07 Å². The zero-order valence-electron chi connectivity index (χ0n) is 6.22. The van der Waals surface area contributed by atoms with Gasteiger partial charge in [-0.05, 0) is 6.42 Å². The van der Waals surface area contributed by atoms with E-state index in [1.165, 1.54) is 0 Å². The predicted molar refractivity (Wildman–Crippen MR) is 41.2 cm³/mol. The number of nitrogens with two attached hydrogens (primary N) is 1. The van der Waals surface area contributed by atoms with Crippen LogP contribution in [0.4, 0.5) is 10.6 Å². The van der Waals surface area contributed by atoms with Crippen molar-refractivity contribution in [1.29, 1.82) is 0 Å². The number of carbonyl (C=O) groups is 1. The van der Waals surface area contributed by atoms with E-state index in [0.717, 1.165) is 12.1 Å². The average Bonchev–Trinajstić information content (AvgIpc) is 2.34. The van der Waals surface area contributed by atoms with E-state index < -0.39 is 6.03 Å². The second-order valence-corrected chi connectivity index (χ2v) is 2.12. The van der Waals surface area contributed by atoms with E-state index in [4.69, 9.17) is 5.73 Å². The minimum absolute atomic E-state index is 0.467. The van der Waals surface area contributed by atoms with E-state index in [0.29, 0.717) is 5.82 Å². The standard InChI is InChI=1S/C6H10N4O/c1-2-4-3-5(10-9-4)8-6(7)11/h3H,2H2,1H3,(H4,7,8,9,10,11). The summed E-state index contributed by atoms with van der Waals surface area (Å²) >= 11 is 0. The van der Waals surface area contributed by atoms with Gasteiger partial charge < -0.3 is 5.73 Å². The molecule has 0 radical (unpaired) electrons. The minimum atomic E-state index is -0.598. The molecular formula is C6H10N4O. The Hall–Kier alpha value is -1.52. The fourth-order valence-corrected chi connectivity index (χ4v) is 0.733. The van der Waals surface area contributed by atoms with Crippen LogP contribution in [-0.4, -0.2) is 16.2 Å². The molecule has 0 bridgehead atoms. The third-order valence-corrected chi connectivity index (χ3v) is 1.26. The van der Waals surface area contributed by atoms with Crippen molar-refractivity contribution in [2.45, 2.75) is 13.3 Å². The van der Waals surface area contributed by atoms with E-state index in [1.807, 2.05) is 6.92 Å². The van der Waals surface area contributed by atoms with Crippen LogP contribution in [0.25, 0.3) is 0 Å². The average molecular weight is 154 g/mol. The maximum atomic E-state index is 10.3. The first-order valence-corrected chi connectivity index (χ1v) is 3.33. The first-order valence-electron chi connectivity index (χ1n) is 3.33. The molecule has 1 aromatic heterocycles. The number of amides is 2. The first kappa shape index (κ1) is 7.59. The summed E-state index contributed by atoms with van der Waals surface area (Å²) in [4.78, 5) is 10.3. The Morgan fingerprint density at radius 3 is 3.09 bits per heavy atom. The Balaban J connectivity index is 2.65. The second kappa shape index (κ2) is 3.05. The Morgan fingerprint density at radius 1 is 1.91 bits per heavy atom. The molecule has 0 atom stereocenters. The third kappa shape index (κ3) is 1.96. The van der Waals surface area contributed by atoms with Crippen molar-refractivity contribution in [2.75, 3.05) is 5.32 Å². The van der Waals surface area contributed by atoms with Gasteiger partial charge in [0.15, 0.2) is 5.82 Å². The predicted octanol–water partition coefficient (Wildman–Crippen LogP) is 0.463. The summed E-state index contributed by atoms with van der Waals surface area (Å²) in [7, 11) is 0. The van der Waals surface area contributed by atoms with Gasteiger partial charge in [-0.1, -0.05) is 6.92 Å². The van der Waals surface area contributed by atoms with Crippen molar-refractivity contribution in [3.63, 3.8) is 0 Å². The van der Waals surface area contributed by atoms with Crippen molar-refractivity contribution >= 4 is 11.8 Å². The van der Waals surface area contributed by atoms with Crippen molar-refractivity contribution in [1.82, 2.24) is 10.2 Å². The minimum Gasteiger partial charge on any atom is -0.351 e. The maximum Gasteiger partial charge on any atom is 0.317 e. The molecule has 0 saturated carbocycles. The van der Waals surface area contributed by atoms with Crippen LogP contribution >= 0.6 is 0 Å². The van der Waals surface area contributed by atoms with Gasteiger partial charge in [-0.25, -0.2) is 4.79 Å². The molecule has 0 aliphatic heterocycles. The molecule has 11 heavy (non-hydrogen) atoms. The Bertz CT molecular complexity index is 255. The molecule has 0 aromatic carbocycles. The zero-order chi connectivity index (χ0) is 8.27. The highest BCUT2D eigenvalue weighted by molar-refractivity contribution is 5.86. The fourth-order valence-electron chi connectivity index (χ4n) is 0.733. The molecule has 1 rings (SSSR count). The third-order valence-electron chi connectivity index (χ3n) is 1.26. The van der Waals surface area contributed by atoms with Gasteiger partial charge in [0.1, 0.15) is 0 Å². The van der Waals surface area contributed by atoms with Gasteiger partial charge in [0.25, 0.3) is 0 Å². The quantitative estimate of drug-likeness (QED) is 0.578. The number of aryl methyl sites for hydroxylation is 1. The molecule has 2 amide bonds. The summed E-state index contributed by atoms with van der Waals surface area (Å²) in [6.45, 7) is 1.99. The SMILES string of the molecule is CCc1cc(NC(N)=O)n[nH]1. The molecule has 4 N–H and O–H groups in total. The fraction of sp³-hybridized carbons (Fsp3) is 0.333. The van der Waals surface area contributed by atoms with Crippen LogP contribution in [0, 0.1) is 0 Å². The summed E-state index contributed by atoms with van der Waals surface area (Å²) in [6.07, 6.45) is 0.855. The molecule has 0 fully saturated rings. The summed E-state index contributed by atoms with van der Waals surface area (Å²) in [5.74, 6) is 0.467. The van der Waals surface area contributed by atoms with Crippen LogP contribution in [0.5, 0.6) is 0 Å². The van der Waals surface area contributed by atoms with Crippen molar-refractivity contribution in [3.8, 4) is 0 Å². The van der Waals surface area contributed by atoms with Crippen molar-refractivity contribution in [2.24, 2.45) is 5.73 Å².